The molecule has 4 heteroatoms. The van der Waals surface area contributed by atoms with Crippen LogP contribution in [0.15, 0.2) is 48.5 Å². The van der Waals surface area contributed by atoms with Gasteiger partial charge in [0.2, 0.25) is 5.91 Å². The molecule has 3 nitrogen and oxygen atoms in total. The van der Waals surface area contributed by atoms with Gasteiger partial charge in [-0.15, -0.1) is 0 Å². The Labute approximate surface area is 154 Å². The van der Waals surface area contributed by atoms with Crippen molar-refractivity contribution in [2.45, 2.75) is 13.8 Å². The van der Waals surface area contributed by atoms with E-state index in [1.807, 2.05) is 36.1 Å². The van der Waals surface area contributed by atoms with E-state index in [0.29, 0.717) is 0 Å². The number of nitrogens with zero attached hydrogens (tertiary/aromatic N) is 2. The summed E-state index contributed by atoms with van der Waals surface area (Å²) in [6.07, 6.45) is 3.48. The third-order valence-corrected chi connectivity index (χ3v) is 4.98. The van der Waals surface area contributed by atoms with Crippen LogP contribution in [0.3, 0.4) is 0 Å². The SMILES string of the molecule is Cc1cccc(N2CCN(C(=O)/C=C/c3ccc(C)c(Cl)c3)CC2)c1. The largest absolute Gasteiger partial charge is 0.368 e. The summed E-state index contributed by atoms with van der Waals surface area (Å²) in [5.41, 5.74) is 4.48. The molecule has 2 aromatic rings. The molecular weight excluding hydrogens is 332 g/mol. The Balaban J connectivity index is 1.58. The summed E-state index contributed by atoms with van der Waals surface area (Å²) in [5, 5.41) is 0.723. The van der Waals surface area contributed by atoms with E-state index in [2.05, 4.69) is 36.1 Å². The maximum Gasteiger partial charge on any atom is 0.246 e. The number of carbonyl (C=O) groups is 1. The number of piperazine rings is 1. The third kappa shape index (κ3) is 4.43. The Bertz CT molecular complexity index is 792. The van der Waals surface area contributed by atoms with Crippen LogP contribution in [0.1, 0.15) is 16.7 Å². The average molecular weight is 355 g/mol. The molecule has 0 N–H and O–H groups in total. The van der Waals surface area contributed by atoms with Gasteiger partial charge in [0, 0.05) is 43.0 Å². The standard InChI is InChI=1S/C21H23ClN2O/c1-16-4-3-5-19(14-16)23-10-12-24(13-11-23)21(25)9-8-18-7-6-17(2)20(22)15-18/h3-9,14-15H,10-13H2,1-2H3/b9-8+. The highest BCUT2D eigenvalue weighted by Gasteiger charge is 2.19. The number of amides is 1. The molecule has 0 atom stereocenters. The van der Waals surface area contributed by atoms with Crippen molar-refractivity contribution in [3.63, 3.8) is 0 Å². The van der Waals surface area contributed by atoms with Crippen LogP contribution in [-0.2, 0) is 4.79 Å². The maximum absolute atomic E-state index is 12.4. The molecule has 1 amide bonds. The number of anilines is 1. The maximum atomic E-state index is 12.4. The lowest BCUT2D eigenvalue weighted by atomic mass is 10.1. The molecule has 1 fully saturated rings. The summed E-state index contributed by atoms with van der Waals surface area (Å²) in [6, 6.07) is 14.3. The molecule has 0 bridgehead atoms. The number of hydrogen-bond acceptors (Lipinski definition) is 2. The third-order valence-electron chi connectivity index (χ3n) is 4.57. The van der Waals surface area contributed by atoms with Gasteiger partial charge in [0.1, 0.15) is 0 Å². The number of hydrogen-bond donors (Lipinski definition) is 0. The number of aryl methyl sites for hydroxylation is 2. The van der Waals surface area contributed by atoms with Gasteiger partial charge in [-0.25, -0.2) is 0 Å². The first kappa shape index (κ1) is 17.6. The molecule has 0 aromatic heterocycles. The van der Waals surface area contributed by atoms with E-state index in [1.54, 1.807) is 6.08 Å². The summed E-state index contributed by atoms with van der Waals surface area (Å²) in [6.45, 7) is 7.27. The quantitative estimate of drug-likeness (QED) is 0.766. The Hall–Kier alpha value is -2.26. The van der Waals surface area contributed by atoms with Crippen molar-refractivity contribution in [3.05, 3.63) is 70.3 Å². The van der Waals surface area contributed by atoms with Gasteiger partial charge in [0.15, 0.2) is 0 Å². The number of benzene rings is 2. The van der Waals surface area contributed by atoms with Crippen LogP contribution in [0.5, 0.6) is 0 Å². The fourth-order valence-corrected chi connectivity index (χ4v) is 3.18. The monoisotopic (exact) mass is 354 g/mol. The molecule has 130 valence electrons. The van der Waals surface area contributed by atoms with E-state index in [0.717, 1.165) is 42.3 Å². The lowest BCUT2D eigenvalue weighted by Crippen LogP contribution is -2.48. The zero-order valence-corrected chi connectivity index (χ0v) is 15.5. The molecule has 0 saturated carbocycles. The first-order chi connectivity index (χ1) is 12.0. The van der Waals surface area contributed by atoms with Gasteiger partial charge >= 0.3 is 0 Å². The predicted molar refractivity (Wildman–Crippen MR) is 105 cm³/mol. The van der Waals surface area contributed by atoms with Crippen molar-refractivity contribution < 1.29 is 4.79 Å². The fraction of sp³-hybridized carbons (Fsp3) is 0.286. The highest BCUT2D eigenvalue weighted by Crippen LogP contribution is 2.19. The molecule has 2 aromatic carbocycles. The zero-order valence-electron chi connectivity index (χ0n) is 14.7. The van der Waals surface area contributed by atoms with E-state index in [9.17, 15) is 4.79 Å². The van der Waals surface area contributed by atoms with Gasteiger partial charge in [0.25, 0.3) is 0 Å². The molecule has 1 saturated heterocycles. The smallest absolute Gasteiger partial charge is 0.246 e. The Morgan fingerprint density at radius 3 is 2.48 bits per heavy atom. The van der Waals surface area contributed by atoms with E-state index in [-0.39, 0.29) is 5.91 Å². The Morgan fingerprint density at radius 2 is 1.80 bits per heavy atom. The first-order valence-electron chi connectivity index (χ1n) is 8.58. The Morgan fingerprint density at radius 1 is 1.04 bits per heavy atom. The molecular formula is C21H23ClN2O. The van der Waals surface area contributed by atoms with Crippen molar-refractivity contribution in [2.75, 3.05) is 31.1 Å². The average Bonchev–Trinajstić information content (AvgIpc) is 2.62. The van der Waals surface area contributed by atoms with Crippen molar-refractivity contribution in [3.8, 4) is 0 Å². The van der Waals surface area contributed by atoms with Crippen LogP contribution in [0.25, 0.3) is 6.08 Å². The van der Waals surface area contributed by atoms with Gasteiger partial charge in [-0.2, -0.15) is 0 Å². The highest BCUT2D eigenvalue weighted by molar-refractivity contribution is 6.31. The van der Waals surface area contributed by atoms with Crippen molar-refractivity contribution in [2.24, 2.45) is 0 Å². The van der Waals surface area contributed by atoms with Crippen LogP contribution in [0.2, 0.25) is 5.02 Å². The van der Waals surface area contributed by atoms with Crippen LogP contribution >= 0.6 is 11.6 Å². The van der Waals surface area contributed by atoms with Gasteiger partial charge in [-0.3, -0.25) is 4.79 Å². The van der Waals surface area contributed by atoms with E-state index < -0.39 is 0 Å². The van der Waals surface area contributed by atoms with Gasteiger partial charge in [-0.05, 0) is 54.8 Å². The molecule has 0 radical (unpaired) electrons. The lowest BCUT2D eigenvalue weighted by Gasteiger charge is -2.35. The summed E-state index contributed by atoms with van der Waals surface area (Å²) >= 11 is 6.13. The van der Waals surface area contributed by atoms with Crippen molar-refractivity contribution in [1.82, 2.24) is 4.90 Å². The topological polar surface area (TPSA) is 23.6 Å². The van der Waals surface area contributed by atoms with Crippen LogP contribution in [-0.4, -0.2) is 37.0 Å². The molecule has 3 rings (SSSR count). The summed E-state index contributed by atoms with van der Waals surface area (Å²) in [5.74, 6) is 0.0561. The second kappa shape index (κ2) is 7.75. The van der Waals surface area contributed by atoms with E-state index >= 15 is 0 Å². The minimum atomic E-state index is 0.0561. The van der Waals surface area contributed by atoms with Crippen LogP contribution < -0.4 is 4.90 Å². The minimum absolute atomic E-state index is 0.0561. The van der Waals surface area contributed by atoms with E-state index in [1.165, 1.54) is 11.3 Å². The second-order valence-electron chi connectivity index (χ2n) is 6.49. The van der Waals surface area contributed by atoms with Crippen LogP contribution in [0, 0.1) is 13.8 Å². The van der Waals surface area contributed by atoms with Gasteiger partial charge in [0.05, 0.1) is 0 Å². The lowest BCUT2D eigenvalue weighted by molar-refractivity contribution is -0.126. The number of carbonyl (C=O) groups excluding carboxylic acids is 1. The molecule has 0 unspecified atom stereocenters. The normalized spacial score (nSPS) is 15.0. The zero-order chi connectivity index (χ0) is 17.8. The van der Waals surface area contributed by atoms with Gasteiger partial charge in [-0.1, -0.05) is 35.9 Å². The molecule has 1 heterocycles. The second-order valence-corrected chi connectivity index (χ2v) is 6.90. The predicted octanol–water partition coefficient (Wildman–Crippen LogP) is 4.32. The highest BCUT2D eigenvalue weighted by atomic mass is 35.5. The minimum Gasteiger partial charge on any atom is -0.368 e. The fourth-order valence-electron chi connectivity index (χ4n) is 3.00. The molecule has 1 aliphatic rings. The molecule has 1 aliphatic heterocycles. The Kier molecular flexibility index (Phi) is 5.44. The molecule has 25 heavy (non-hydrogen) atoms. The van der Waals surface area contributed by atoms with Crippen molar-refractivity contribution in [1.29, 1.82) is 0 Å². The number of halogens is 1. The van der Waals surface area contributed by atoms with Gasteiger partial charge < -0.3 is 9.80 Å². The van der Waals surface area contributed by atoms with Crippen LogP contribution in [0.4, 0.5) is 5.69 Å². The molecule has 0 aliphatic carbocycles. The summed E-state index contributed by atoms with van der Waals surface area (Å²) < 4.78 is 0. The molecule has 0 spiro atoms. The summed E-state index contributed by atoms with van der Waals surface area (Å²) in [7, 11) is 0. The first-order valence-corrected chi connectivity index (χ1v) is 8.95. The van der Waals surface area contributed by atoms with E-state index in [4.69, 9.17) is 11.6 Å². The van der Waals surface area contributed by atoms with Crippen molar-refractivity contribution >= 4 is 29.3 Å². The number of rotatable bonds is 3. The summed E-state index contributed by atoms with van der Waals surface area (Å²) in [4.78, 5) is 16.6.